The van der Waals surface area contributed by atoms with Gasteiger partial charge >= 0.3 is 0 Å². The lowest BCUT2D eigenvalue weighted by Crippen LogP contribution is -2.13. The van der Waals surface area contributed by atoms with Gasteiger partial charge in [0.2, 0.25) is 0 Å². The van der Waals surface area contributed by atoms with E-state index in [-0.39, 0.29) is 6.10 Å². The molecule has 1 nitrogen and oxygen atoms in total. The second kappa shape index (κ2) is 9.94. The highest BCUT2D eigenvalue weighted by Crippen LogP contribution is 2.23. The van der Waals surface area contributed by atoms with E-state index in [9.17, 15) is 5.11 Å². The summed E-state index contributed by atoms with van der Waals surface area (Å²) in [6, 6.07) is 0. The lowest BCUT2D eigenvalue weighted by atomic mass is 9.88. The number of aliphatic hydroxyl groups is 1. The molecular weight excluding hydrogens is 208 g/mol. The summed E-state index contributed by atoms with van der Waals surface area (Å²) in [7, 11) is 0. The topological polar surface area (TPSA) is 20.2 Å². The third kappa shape index (κ3) is 9.64. The van der Waals surface area contributed by atoms with Gasteiger partial charge in [-0.25, -0.2) is 0 Å². The molecule has 104 valence electrons. The second-order valence-corrected chi connectivity index (χ2v) is 6.24. The Labute approximate surface area is 109 Å². The van der Waals surface area contributed by atoms with Crippen molar-refractivity contribution in [3.05, 3.63) is 0 Å². The molecule has 0 amide bonds. The van der Waals surface area contributed by atoms with E-state index in [4.69, 9.17) is 0 Å². The van der Waals surface area contributed by atoms with Crippen LogP contribution in [-0.2, 0) is 0 Å². The van der Waals surface area contributed by atoms with Crippen LogP contribution in [0.4, 0.5) is 0 Å². The van der Waals surface area contributed by atoms with Crippen LogP contribution in [0.3, 0.4) is 0 Å². The smallest absolute Gasteiger partial charge is 0.0537 e. The van der Waals surface area contributed by atoms with E-state index in [1.807, 2.05) is 6.92 Å². The summed E-state index contributed by atoms with van der Waals surface area (Å²) in [6.07, 6.45) is 9.10. The number of hydrogen-bond donors (Lipinski definition) is 1. The molecule has 0 aromatic heterocycles. The lowest BCUT2D eigenvalue weighted by molar-refractivity contribution is 0.127. The van der Waals surface area contributed by atoms with Gasteiger partial charge < -0.3 is 5.11 Å². The Morgan fingerprint density at radius 1 is 0.824 bits per heavy atom. The largest absolute Gasteiger partial charge is 0.393 e. The predicted molar refractivity (Wildman–Crippen MR) is 77.2 cm³/mol. The van der Waals surface area contributed by atoms with Crippen molar-refractivity contribution in [2.45, 2.75) is 85.7 Å². The molecule has 0 aliphatic carbocycles. The summed E-state index contributed by atoms with van der Waals surface area (Å²) in [5.41, 5.74) is 0. The molecule has 0 heterocycles. The first-order valence-corrected chi connectivity index (χ1v) is 7.65. The first-order valence-electron chi connectivity index (χ1n) is 7.65. The Morgan fingerprint density at radius 2 is 1.35 bits per heavy atom. The van der Waals surface area contributed by atoms with Crippen LogP contribution < -0.4 is 0 Å². The highest BCUT2D eigenvalue weighted by atomic mass is 16.3. The lowest BCUT2D eigenvalue weighted by Gasteiger charge is -2.19. The molecule has 0 spiro atoms. The van der Waals surface area contributed by atoms with Gasteiger partial charge in [-0.2, -0.15) is 0 Å². The molecule has 0 radical (unpaired) electrons. The van der Waals surface area contributed by atoms with Gasteiger partial charge in [-0.3, -0.25) is 0 Å². The zero-order valence-electron chi connectivity index (χ0n) is 12.7. The van der Waals surface area contributed by atoms with Crippen molar-refractivity contribution in [2.75, 3.05) is 0 Å². The predicted octanol–water partition coefficient (Wildman–Crippen LogP) is 5.03. The van der Waals surface area contributed by atoms with Gasteiger partial charge in [0.05, 0.1) is 6.10 Å². The highest BCUT2D eigenvalue weighted by molar-refractivity contribution is 4.63. The molecule has 1 N–H and O–H groups in total. The Bertz CT molecular complexity index is 165. The van der Waals surface area contributed by atoms with E-state index in [0.29, 0.717) is 5.92 Å². The minimum absolute atomic E-state index is 0.145. The van der Waals surface area contributed by atoms with E-state index in [2.05, 4.69) is 27.7 Å². The first-order chi connectivity index (χ1) is 7.97. The molecule has 0 rings (SSSR count). The molecule has 2 unspecified atom stereocenters. The number of rotatable bonds is 10. The summed E-state index contributed by atoms with van der Waals surface area (Å²) < 4.78 is 0. The van der Waals surface area contributed by atoms with E-state index in [0.717, 1.165) is 11.8 Å². The Kier molecular flexibility index (Phi) is 9.91. The fourth-order valence-corrected chi connectivity index (χ4v) is 2.50. The van der Waals surface area contributed by atoms with Gasteiger partial charge in [0.15, 0.2) is 0 Å². The maximum Gasteiger partial charge on any atom is 0.0537 e. The first kappa shape index (κ1) is 17.0. The summed E-state index contributed by atoms with van der Waals surface area (Å²) >= 11 is 0. The molecule has 0 fully saturated rings. The van der Waals surface area contributed by atoms with Crippen LogP contribution in [0.15, 0.2) is 0 Å². The van der Waals surface area contributed by atoms with Crippen molar-refractivity contribution < 1.29 is 5.11 Å². The molecule has 0 aromatic carbocycles. The van der Waals surface area contributed by atoms with Gasteiger partial charge in [0.1, 0.15) is 0 Å². The number of aliphatic hydroxyl groups excluding tert-OH is 1. The number of unbranched alkanes of at least 4 members (excludes halogenated alkanes) is 1. The van der Waals surface area contributed by atoms with E-state index in [1.54, 1.807) is 0 Å². The van der Waals surface area contributed by atoms with Crippen molar-refractivity contribution >= 4 is 0 Å². The van der Waals surface area contributed by atoms with Crippen LogP contribution in [0.2, 0.25) is 0 Å². The minimum Gasteiger partial charge on any atom is -0.393 e. The van der Waals surface area contributed by atoms with Gasteiger partial charge in [0, 0.05) is 0 Å². The molecule has 1 heteroatoms. The quantitative estimate of drug-likeness (QED) is 0.570. The van der Waals surface area contributed by atoms with Crippen molar-refractivity contribution in [3.63, 3.8) is 0 Å². The van der Waals surface area contributed by atoms with Crippen LogP contribution in [0.25, 0.3) is 0 Å². The average Bonchev–Trinajstić information content (AvgIpc) is 2.25. The van der Waals surface area contributed by atoms with E-state index in [1.165, 1.54) is 44.9 Å². The maximum absolute atomic E-state index is 9.43. The van der Waals surface area contributed by atoms with Crippen LogP contribution in [0.5, 0.6) is 0 Å². The summed E-state index contributed by atoms with van der Waals surface area (Å²) in [5.74, 6) is 2.20. The van der Waals surface area contributed by atoms with Crippen LogP contribution in [-0.4, -0.2) is 11.2 Å². The zero-order valence-corrected chi connectivity index (χ0v) is 12.7. The molecule has 0 aromatic rings. The molecule has 0 saturated carbocycles. The van der Waals surface area contributed by atoms with Crippen molar-refractivity contribution in [1.29, 1.82) is 0 Å². The SMILES string of the molecule is CCCCC(C)CC(C)CCC[C@H](C)[C@@H](C)O. The Balaban J connectivity index is 3.55. The van der Waals surface area contributed by atoms with Crippen molar-refractivity contribution in [2.24, 2.45) is 17.8 Å². The Morgan fingerprint density at radius 3 is 1.82 bits per heavy atom. The average molecular weight is 242 g/mol. The molecular formula is C16H34O. The fraction of sp³-hybridized carbons (Fsp3) is 1.00. The molecule has 0 aliphatic rings. The monoisotopic (exact) mass is 242 g/mol. The number of hydrogen-bond acceptors (Lipinski definition) is 1. The fourth-order valence-electron chi connectivity index (χ4n) is 2.50. The Hall–Kier alpha value is -0.0400. The third-order valence-corrected chi connectivity index (χ3v) is 4.04. The molecule has 0 aliphatic heterocycles. The van der Waals surface area contributed by atoms with Gasteiger partial charge in [-0.05, 0) is 37.5 Å². The van der Waals surface area contributed by atoms with Crippen molar-refractivity contribution in [3.8, 4) is 0 Å². The van der Waals surface area contributed by atoms with Gasteiger partial charge in [0.25, 0.3) is 0 Å². The zero-order chi connectivity index (χ0) is 13.3. The summed E-state index contributed by atoms with van der Waals surface area (Å²) in [6.45, 7) is 11.1. The highest BCUT2D eigenvalue weighted by Gasteiger charge is 2.11. The molecule has 17 heavy (non-hydrogen) atoms. The maximum atomic E-state index is 9.43. The minimum atomic E-state index is -0.145. The standard InChI is InChI=1S/C16H34O/c1-6-7-9-13(2)12-14(3)10-8-11-15(4)16(5)17/h13-17H,6-12H2,1-5H3/t13?,14?,15-,16+/m0/s1. The second-order valence-electron chi connectivity index (χ2n) is 6.24. The molecule has 4 atom stereocenters. The van der Waals surface area contributed by atoms with Crippen LogP contribution in [0.1, 0.15) is 79.6 Å². The van der Waals surface area contributed by atoms with E-state index < -0.39 is 0 Å². The van der Waals surface area contributed by atoms with Crippen LogP contribution >= 0.6 is 0 Å². The summed E-state index contributed by atoms with van der Waals surface area (Å²) in [5, 5.41) is 9.43. The van der Waals surface area contributed by atoms with Gasteiger partial charge in [-0.1, -0.05) is 59.8 Å². The normalized spacial score (nSPS) is 18.7. The van der Waals surface area contributed by atoms with Gasteiger partial charge in [-0.15, -0.1) is 0 Å². The molecule has 0 bridgehead atoms. The van der Waals surface area contributed by atoms with Crippen LogP contribution in [0, 0.1) is 17.8 Å². The summed E-state index contributed by atoms with van der Waals surface area (Å²) in [4.78, 5) is 0. The van der Waals surface area contributed by atoms with E-state index >= 15 is 0 Å². The molecule has 0 saturated heterocycles. The van der Waals surface area contributed by atoms with Crippen molar-refractivity contribution in [1.82, 2.24) is 0 Å². The third-order valence-electron chi connectivity index (χ3n) is 4.04.